The first kappa shape index (κ1) is 31.3. The van der Waals surface area contributed by atoms with E-state index in [1.165, 1.54) is 0 Å². The molecule has 6 aromatic rings. The number of hydrogen-bond donors (Lipinski definition) is 0. The first-order valence-electron chi connectivity index (χ1n) is 15.5. The van der Waals surface area contributed by atoms with Crippen LogP contribution in [-0.4, -0.2) is 35.5 Å². The zero-order chi connectivity index (χ0) is 31.7. The molecule has 46 heavy (non-hydrogen) atoms. The van der Waals surface area contributed by atoms with Crippen molar-refractivity contribution in [1.29, 1.82) is 0 Å². The minimum absolute atomic E-state index is 0.0225. The Morgan fingerprint density at radius 2 is 0.565 bits per heavy atom. The van der Waals surface area contributed by atoms with Crippen LogP contribution < -0.4 is 21.2 Å². The van der Waals surface area contributed by atoms with Gasteiger partial charge in [-0.1, -0.05) is 182 Å². The van der Waals surface area contributed by atoms with Crippen LogP contribution in [0.4, 0.5) is 0 Å². The minimum atomic E-state index is -2.45. The maximum absolute atomic E-state index is 14.2. The molecule has 6 aromatic carbocycles. The molecule has 0 aliphatic carbocycles. The van der Waals surface area contributed by atoms with Crippen molar-refractivity contribution in [3.05, 3.63) is 193 Å². The van der Waals surface area contributed by atoms with Crippen molar-refractivity contribution >= 4 is 58.1 Å². The Morgan fingerprint density at radius 1 is 0.348 bits per heavy atom. The molecule has 0 aliphatic heterocycles. The van der Waals surface area contributed by atoms with Crippen molar-refractivity contribution in [3.8, 4) is 0 Å². The van der Waals surface area contributed by atoms with Gasteiger partial charge in [0.05, 0.1) is 0 Å². The van der Waals surface area contributed by atoms with Gasteiger partial charge in [0.15, 0.2) is 11.6 Å². The molecule has 0 aliphatic rings. The number of benzene rings is 6. The summed E-state index contributed by atoms with van der Waals surface area (Å²) in [7, 11) is 0. The Balaban J connectivity index is 1.62. The van der Waals surface area contributed by atoms with Crippen molar-refractivity contribution < 1.29 is 9.59 Å². The number of rotatable bonds is 11. The second-order valence-corrected chi connectivity index (χ2v) is 18.2. The van der Waals surface area contributed by atoms with E-state index in [0.29, 0.717) is 11.1 Å². The van der Waals surface area contributed by atoms with Crippen LogP contribution in [0.2, 0.25) is 0 Å². The Morgan fingerprint density at radius 3 is 0.804 bits per heavy atom. The standard InChI is InChI=1S/C42H36O2P2/c43-41(35-19-7-1-8-20-35)33-45(37-23-11-3-12-24-37,38-25-13-4-14-26-38)31-32-46(39-27-15-5-16-28-39,40-29-17-6-18-30-40)34-42(44)36-21-9-2-10-22-36/h1-30,33-34H,31-32H2. The van der Waals surface area contributed by atoms with Gasteiger partial charge in [-0.05, 0) is 58.9 Å². The van der Waals surface area contributed by atoms with Gasteiger partial charge < -0.3 is 0 Å². The van der Waals surface area contributed by atoms with E-state index in [4.69, 9.17) is 0 Å². The Labute approximate surface area is 272 Å². The molecule has 0 saturated carbocycles. The lowest BCUT2D eigenvalue weighted by atomic mass is 10.2. The summed E-state index contributed by atoms with van der Waals surface area (Å²) in [5, 5.41) is 4.61. The summed E-state index contributed by atoms with van der Waals surface area (Å²) in [5.74, 6) is 4.09. The largest absolute Gasteiger partial charge is 0.289 e. The van der Waals surface area contributed by atoms with E-state index in [9.17, 15) is 9.59 Å². The first-order valence-corrected chi connectivity index (χ1v) is 19.6. The second-order valence-electron chi connectivity index (χ2n) is 11.2. The van der Waals surface area contributed by atoms with Gasteiger partial charge >= 0.3 is 0 Å². The average molecular weight is 635 g/mol. The highest BCUT2D eigenvalue weighted by Gasteiger charge is 2.31. The van der Waals surface area contributed by atoms with Crippen LogP contribution in [0.3, 0.4) is 0 Å². The molecule has 0 saturated heterocycles. The monoisotopic (exact) mass is 634 g/mol. The van der Waals surface area contributed by atoms with Gasteiger partial charge in [0.1, 0.15) is 0 Å². The van der Waals surface area contributed by atoms with E-state index < -0.39 is 13.8 Å². The molecule has 2 nitrogen and oxygen atoms in total. The predicted octanol–water partition coefficient (Wildman–Crippen LogP) is 7.69. The summed E-state index contributed by atoms with van der Waals surface area (Å²) in [5.41, 5.74) is 1.36. The summed E-state index contributed by atoms with van der Waals surface area (Å²) >= 11 is 0. The quantitative estimate of drug-likeness (QED) is 0.108. The normalized spacial score (nSPS) is 11.4. The lowest BCUT2D eigenvalue weighted by molar-refractivity contribution is 0.106. The molecule has 0 aromatic heterocycles. The predicted molar refractivity (Wildman–Crippen MR) is 202 cm³/mol. The molecule has 0 spiro atoms. The highest BCUT2D eigenvalue weighted by molar-refractivity contribution is 7.92. The van der Waals surface area contributed by atoms with Crippen molar-refractivity contribution in [1.82, 2.24) is 0 Å². The lowest BCUT2D eigenvalue weighted by Gasteiger charge is -2.34. The smallest absolute Gasteiger partial charge is 0.186 e. The van der Waals surface area contributed by atoms with Gasteiger partial charge in [-0.3, -0.25) is 9.59 Å². The average Bonchev–Trinajstić information content (AvgIpc) is 3.15. The van der Waals surface area contributed by atoms with Gasteiger partial charge in [-0.2, -0.15) is 0 Å². The van der Waals surface area contributed by atoms with Gasteiger partial charge in [0, 0.05) is 11.1 Å². The Kier molecular flexibility index (Phi) is 9.90. The van der Waals surface area contributed by atoms with Gasteiger partial charge in [0.2, 0.25) is 0 Å². The molecular formula is C42H36O2P2. The summed E-state index contributed by atoms with van der Waals surface area (Å²) in [6.45, 7) is -4.91. The van der Waals surface area contributed by atoms with Crippen LogP contribution >= 0.6 is 13.8 Å². The van der Waals surface area contributed by atoms with E-state index in [1.54, 1.807) is 0 Å². The van der Waals surface area contributed by atoms with Crippen molar-refractivity contribution in [2.75, 3.05) is 12.3 Å². The fourth-order valence-corrected chi connectivity index (χ4v) is 15.0. The Bertz CT molecular complexity index is 1770. The number of carbonyl (C=O) groups is 2. The Hall–Kier alpha value is -4.74. The number of Topliss-reactive ketones (excluding diaryl/α,β-unsaturated/α-hetero) is 2. The van der Waals surface area contributed by atoms with E-state index in [2.05, 4.69) is 97.1 Å². The molecule has 226 valence electrons. The SMILES string of the molecule is O=C(C=P(CCP(=CC(=O)c1ccccc1)(c1ccccc1)c1ccccc1)(c1ccccc1)c1ccccc1)c1ccccc1. The zero-order valence-corrected chi connectivity index (χ0v) is 27.4. The van der Waals surface area contributed by atoms with Crippen molar-refractivity contribution in [2.24, 2.45) is 0 Å². The van der Waals surface area contributed by atoms with Crippen LogP contribution in [0.15, 0.2) is 182 Å². The van der Waals surface area contributed by atoms with Crippen LogP contribution in [-0.2, 0) is 0 Å². The maximum atomic E-state index is 14.2. The summed E-state index contributed by atoms with van der Waals surface area (Å²) in [6.07, 6.45) is 1.44. The summed E-state index contributed by atoms with van der Waals surface area (Å²) in [4.78, 5) is 28.3. The third kappa shape index (κ3) is 6.75. The van der Waals surface area contributed by atoms with E-state index in [-0.39, 0.29) is 11.6 Å². The van der Waals surface area contributed by atoms with Gasteiger partial charge in [-0.15, -0.1) is 0 Å². The molecule has 0 amide bonds. The fraction of sp³-hybridized carbons (Fsp3) is 0.0476. The third-order valence-electron chi connectivity index (χ3n) is 8.47. The van der Waals surface area contributed by atoms with E-state index >= 15 is 0 Å². The lowest BCUT2D eigenvalue weighted by Crippen LogP contribution is -2.29. The molecule has 0 bridgehead atoms. The van der Waals surface area contributed by atoms with Crippen LogP contribution in [0.1, 0.15) is 20.7 Å². The summed E-state index contributed by atoms with van der Waals surface area (Å²) in [6, 6.07) is 61.1. The molecule has 0 N–H and O–H groups in total. The van der Waals surface area contributed by atoms with Crippen LogP contribution in [0, 0.1) is 0 Å². The molecule has 0 atom stereocenters. The second kappa shape index (κ2) is 14.6. The highest BCUT2D eigenvalue weighted by Crippen LogP contribution is 2.52. The van der Waals surface area contributed by atoms with E-state index in [1.807, 2.05) is 96.5 Å². The number of hydrogen-bond acceptors (Lipinski definition) is 2. The maximum Gasteiger partial charge on any atom is 0.186 e. The third-order valence-corrected chi connectivity index (χ3v) is 16.9. The highest BCUT2D eigenvalue weighted by atomic mass is 31.2. The van der Waals surface area contributed by atoms with Gasteiger partial charge in [0.25, 0.3) is 0 Å². The van der Waals surface area contributed by atoms with Crippen LogP contribution in [0.5, 0.6) is 0 Å². The minimum Gasteiger partial charge on any atom is -0.289 e. The van der Waals surface area contributed by atoms with E-state index in [0.717, 1.165) is 33.5 Å². The molecule has 0 heterocycles. The zero-order valence-electron chi connectivity index (χ0n) is 25.6. The number of carbonyl (C=O) groups excluding carboxylic acids is 2. The number of ketones is 2. The van der Waals surface area contributed by atoms with Crippen molar-refractivity contribution in [2.45, 2.75) is 0 Å². The summed E-state index contributed by atoms with van der Waals surface area (Å²) < 4.78 is 0. The molecule has 0 fully saturated rings. The fourth-order valence-electron chi connectivity index (χ4n) is 6.09. The molecule has 6 rings (SSSR count). The topological polar surface area (TPSA) is 34.1 Å². The van der Waals surface area contributed by atoms with Gasteiger partial charge in [-0.25, -0.2) is 0 Å². The first-order chi connectivity index (χ1) is 22.6. The van der Waals surface area contributed by atoms with Crippen LogP contribution in [0.25, 0.3) is 0 Å². The molecule has 4 heteroatoms. The molecule has 0 radical (unpaired) electrons. The molecule has 0 unspecified atom stereocenters. The van der Waals surface area contributed by atoms with Crippen molar-refractivity contribution in [3.63, 3.8) is 0 Å². The molecular weight excluding hydrogens is 598 g/mol.